The number of carbonyl (C=O) groups excluding carboxylic acids is 3. The van der Waals surface area contributed by atoms with E-state index in [2.05, 4.69) is 0 Å². The first-order valence-corrected chi connectivity index (χ1v) is 9.00. The molecule has 7 nitrogen and oxygen atoms in total. The van der Waals surface area contributed by atoms with Crippen molar-refractivity contribution in [2.75, 3.05) is 19.8 Å². The average molecular weight is 370 g/mol. The summed E-state index contributed by atoms with van der Waals surface area (Å²) in [4.78, 5) is 37.5. The van der Waals surface area contributed by atoms with Gasteiger partial charge in [0.1, 0.15) is 0 Å². The number of benzene rings is 1. The summed E-state index contributed by atoms with van der Waals surface area (Å²) in [5, 5.41) is 8.35. The molecule has 1 heterocycles. The van der Waals surface area contributed by atoms with Crippen LogP contribution in [-0.2, 0) is 20.7 Å². The van der Waals surface area contributed by atoms with Crippen LogP contribution < -0.4 is 5.48 Å². The molecule has 2 N–H and O–H groups in total. The van der Waals surface area contributed by atoms with E-state index in [9.17, 15) is 14.4 Å². The summed E-state index contributed by atoms with van der Waals surface area (Å²) < 4.78 is 5.51. The monoisotopic (exact) mass is 370 g/mol. The molecule has 0 unspecified atom stereocenters. The van der Waals surface area contributed by atoms with Gasteiger partial charge in [-0.3, -0.25) is 24.5 Å². The van der Waals surface area contributed by atoms with E-state index in [1.54, 1.807) is 12.1 Å². The van der Waals surface area contributed by atoms with Gasteiger partial charge in [0, 0.05) is 29.4 Å². The topological polar surface area (TPSA) is 95.9 Å². The largest absolute Gasteiger partial charge is 0.380 e. The Hall–Kier alpha value is -2.77. The number of unbranched alkanes of at least 4 members (excludes halogenated alkanes) is 1. The van der Waals surface area contributed by atoms with E-state index in [0.717, 1.165) is 24.0 Å². The molecule has 0 bridgehead atoms. The number of carbonyl (C=O) groups is 3. The highest BCUT2D eigenvalue weighted by molar-refractivity contribution is 6.31. The van der Waals surface area contributed by atoms with Crippen LogP contribution in [0.3, 0.4) is 0 Å². The molecule has 0 saturated heterocycles. The molecule has 0 aromatic heterocycles. The molecule has 2 aliphatic rings. The van der Waals surface area contributed by atoms with Gasteiger partial charge in [-0.1, -0.05) is 24.3 Å². The number of amides is 3. The Bertz CT molecular complexity index is 813. The van der Waals surface area contributed by atoms with Crippen LogP contribution in [0.2, 0.25) is 0 Å². The molecule has 1 aromatic rings. The highest BCUT2D eigenvalue weighted by Crippen LogP contribution is 2.35. The van der Waals surface area contributed by atoms with E-state index < -0.39 is 5.91 Å². The van der Waals surface area contributed by atoms with Crippen LogP contribution in [0.1, 0.15) is 40.7 Å². The van der Waals surface area contributed by atoms with E-state index in [4.69, 9.17) is 9.94 Å². The summed E-state index contributed by atoms with van der Waals surface area (Å²) in [5.74, 6) is -1.09. The Balaban J connectivity index is 1.51. The molecule has 1 aromatic carbocycles. The number of hydroxylamine groups is 1. The second kappa shape index (κ2) is 8.75. The molecule has 7 heteroatoms. The van der Waals surface area contributed by atoms with Crippen molar-refractivity contribution in [3.8, 4) is 0 Å². The number of nitrogens with one attached hydrogen (secondary N) is 1. The van der Waals surface area contributed by atoms with Gasteiger partial charge in [-0.15, -0.1) is 0 Å². The van der Waals surface area contributed by atoms with E-state index in [-0.39, 0.29) is 25.0 Å². The summed E-state index contributed by atoms with van der Waals surface area (Å²) in [5.41, 5.74) is 4.59. The zero-order chi connectivity index (χ0) is 19.2. The Morgan fingerprint density at radius 2 is 2.11 bits per heavy atom. The maximum absolute atomic E-state index is 12.7. The second-order valence-electron chi connectivity index (χ2n) is 6.39. The van der Waals surface area contributed by atoms with Crippen LogP contribution in [0.5, 0.6) is 0 Å². The lowest BCUT2D eigenvalue weighted by molar-refractivity contribution is -0.124. The predicted octanol–water partition coefficient (Wildman–Crippen LogP) is 1.86. The Morgan fingerprint density at radius 1 is 1.26 bits per heavy atom. The van der Waals surface area contributed by atoms with Gasteiger partial charge in [-0.25, -0.2) is 5.48 Å². The molecule has 1 aliphatic heterocycles. The van der Waals surface area contributed by atoms with Crippen molar-refractivity contribution in [1.29, 1.82) is 0 Å². The molecule has 3 amide bonds. The summed E-state index contributed by atoms with van der Waals surface area (Å²) in [6.45, 7) is 0.923. The van der Waals surface area contributed by atoms with Crippen molar-refractivity contribution in [2.45, 2.75) is 25.7 Å². The zero-order valence-corrected chi connectivity index (χ0v) is 14.9. The zero-order valence-electron chi connectivity index (χ0n) is 14.9. The minimum Gasteiger partial charge on any atom is -0.380 e. The Labute approximate surface area is 157 Å². The maximum Gasteiger partial charge on any atom is 0.267 e. The molecule has 0 radical (unpaired) electrons. The van der Waals surface area contributed by atoms with Crippen LogP contribution in [0.15, 0.2) is 36.4 Å². The number of nitrogens with zero attached hydrogens (tertiary/aromatic N) is 1. The number of rotatable bonds is 8. The molecule has 1 aliphatic carbocycles. The molecule has 27 heavy (non-hydrogen) atoms. The van der Waals surface area contributed by atoms with Gasteiger partial charge in [0.05, 0.1) is 13.2 Å². The lowest BCUT2D eigenvalue weighted by atomic mass is 9.83. The lowest BCUT2D eigenvalue weighted by Crippen LogP contribution is -2.44. The highest BCUT2D eigenvalue weighted by atomic mass is 16.5. The normalized spacial score (nSPS) is 15.7. The van der Waals surface area contributed by atoms with Crippen molar-refractivity contribution >= 4 is 23.3 Å². The van der Waals surface area contributed by atoms with Crippen molar-refractivity contribution in [3.63, 3.8) is 0 Å². The van der Waals surface area contributed by atoms with E-state index in [1.165, 1.54) is 16.5 Å². The van der Waals surface area contributed by atoms with Crippen molar-refractivity contribution in [1.82, 2.24) is 10.4 Å². The number of imide groups is 1. The van der Waals surface area contributed by atoms with Gasteiger partial charge in [-0.2, -0.15) is 0 Å². The first-order chi connectivity index (χ1) is 13.1. The highest BCUT2D eigenvalue weighted by Gasteiger charge is 2.36. The van der Waals surface area contributed by atoms with Gasteiger partial charge in [-0.05, 0) is 37.3 Å². The first kappa shape index (κ1) is 19.0. The van der Waals surface area contributed by atoms with Crippen molar-refractivity contribution < 1.29 is 24.3 Å². The number of hydrogen-bond acceptors (Lipinski definition) is 5. The third-order valence-electron chi connectivity index (χ3n) is 4.63. The fourth-order valence-electron chi connectivity index (χ4n) is 3.35. The summed E-state index contributed by atoms with van der Waals surface area (Å²) >= 11 is 0. The van der Waals surface area contributed by atoms with Crippen LogP contribution in [0, 0.1) is 0 Å². The van der Waals surface area contributed by atoms with Crippen LogP contribution in [0.25, 0.3) is 5.57 Å². The van der Waals surface area contributed by atoms with Gasteiger partial charge in [0.2, 0.25) is 0 Å². The third-order valence-corrected chi connectivity index (χ3v) is 4.63. The van der Waals surface area contributed by atoms with Gasteiger partial charge in [0.25, 0.3) is 17.7 Å². The Morgan fingerprint density at radius 3 is 2.93 bits per heavy atom. The van der Waals surface area contributed by atoms with Gasteiger partial charge >= 0.3 is 0 Å². The van der Waals surface area contributed by atoms with Crippen LogP contribution in [0.4, 0.5) is 0 Å². The number of allylic oxidation sites excluding steroid dienone is 2. The molecule has 0 spiro atoms. The van der Waals surface area contributed by atoms with E-state index >= 15 is 0 Å². The minimum absolute atomic E-state index is 0.210. The number of aryl methyl sites for hydroxylation is 1. The lowest BCUT2D eigenvalue weighted by Gasteiger charge is -2.31. The second-order valence-corrected chi connectivity index (χ2v) is 6.39. The fraction of sp³-hybridized carbons (Fsp3) is 0.350. The standard InChI is InChI=1S/C20H22N2O5/c23-17(21-26)10-2-1-3-12-27-13-11-22-19(24)15-8-4-6-14-7-5-9-16(18(14)15)20(22)25/h2,4,6,8-10,26H,1,3,5,7,11-13H2,(H,21,23)/b10-2+. The molecule has 142 valence electrons. The van der Waals surface area contributed by atoms with E-state index in [0.29, 0.717) is 30.6 Å². The van der Waals surface area contributed by atoms with Crippen LogP contribution in [-0.4, -0.2) is 47.6 Å². The maximum atomic E-state index is 12.7. The minimum atomic E-state index is -0.571. The molecule has 0 atom stereocenters. The first-order valence-electron chi connectivity index (χ1n) is 9.00. The molecule has 0 saturated carbocycles. The molecule has 0 fully saturated rings. The van der Waals surface area contributed by atoms with Gasteiger partial charge < -0.3 is 4.74 Å². The van der Waals surface area contributed by atoms with Crippen molar-refractivity contribution in [2.24, 2.45) is 0 Å². The van der Waals surface area contributed by atoms with Crippen molar-refractivity contribution in [3.05, 3.63) is 53.1 Å². The third kappa shape index (κ3) is 4.15. The van der Waals surface area contributed by atoms with E-state index in [1.807, 2.05) is 18.2 Å². The quantitative estimate of drug-likeness (QED) is 0.239. The molecular weight excluding hydrogens is 348 g/mol. The summed E-state index contributed by atoms with van der Waals surface area (Å²) in [6.07, 6.45) is 7.77. The number of ether oxygens (including phenoxy) is 1. The Kier molecular flexibility index (Phi) is 6.16. The molecule has 3 rings (SSSR count). The SMILES string of the molecule is O=C(/C=C/CCCOCCN1C(=O)C2=CCCc3cccc(c32)C1=O)NO. The average Bonchev–Trinajstić information content (AvgIpc) is 2.69. The van der Waals surface area contributed by atoms with Gasteiger partial charge in [0.15, 0.2) is 0 Å². The predicted molar refractivity (Wildman–Crippen MR) is 97.9 cm³/mol. The van der Waals surface area contributed by atoms with Crippen LogP contribution >= 0.6 is 0 Å². The molecular formula is C20H22N2O5. The summed E-state index contributed by atoms with van der Waals surface area (Å²) in [6, 6.07) is 5.61. The fourth-order valence-corrected chi connectivity index (χ4v) is 3.35. The summed E-state index contributed by atoms with van der Waals surface area (Å²) in [7, 11) is 0. The smallest absolute Gasteiger partial charge is 0.267 e. The number of hydrogen-bond donors (Lipinski definition) is 2.